The highest BCUT2D eigenvalue weighted by molar-refractivity contribution is 6.05. The lowest BCUT2D eigenvalue weighted by Gasteiger charge is -2.35. The number of amides is 2. The number of carbonyl (C=O) groups is 2. The number of rotatable bonds is 4. The second kappa shape index (κ2) is 8.18. The van der Waals surface area contributed by atoms with Crippen molar-refractivity contribution in [1.29, 1.82) is 0 Å². The zero-order valence-corrected chi connectivity index (χ0v) is 15.2. The van der Waals surface area contributed by atoms with Gasteiger partial charge in [-0.3, -0.25) is 14.9 Å². The van der Waals surface area contributed by atoms with Crippen molar-refractivity contribution >= 4 is 23.5 Å². The number of carbonyl (C=O) groups excluding carboxylic acids is 2. The fraction of sp³-hybridized carbons (Fsp3) is 0.500. The van der Waals surface area contributed by atoms with Crippen LogP contribution in [0.15, 0.2) is 29.3 Å². The van der Waals surface area contributed by atoms with Gasteiger partial charge in [0, 0.05) is 5.69 Å². The van der Waals surface area contributed by atoms with E-state index in [4.69, 9.17) is 4.74 Å². The monoisotopic (exact) mass is 360 g/mol. The first kappa shape index (κ1) is 18.2. The van der Waals surface area contributed by atoms with Gasteiger partial charge in [-0.25, -0.2) is 4.99 Å². The summed E-state index contributed by atoms with van der Waals surface area (Å²) in [7, 11) is 1.59. The van der Waals surface area contributed by atoms with E-state index < -0.39 is 6.04 Å². The summed E-state index contributed by atoms with van der Waals surface area (Å²) in [5, 5.41) is 5.63. The van der Waals surface area contributed by atoms with E-state index in [9.17, 15) is 9.59 Å². The Morgan fingerprint density at radius 2 is 2.04 bits per heavy atom. The summed E-state index contributed by atoms with van der Waals surface area (Å²) in [5.74, 6) is 0.787. The van der Waals surface area contributed by atoms with Crippen molar-refractivity contribution in [3.63, 3.8) is 0 Å². The average molecular weight is 360 g/mol. The zero-order chi connectivity index (χ0) is 18.5. The van der Waals surface area contributed by atoms with E-state index in [1.807, 2.05) is 0 Å². The van der Waals surface area contributed by atoms with Gasteiger partial charge in [0.1, 0.15) is 11.8 Å². The Morgan fingerprint density at radius 3 is 2.65 bits per heavy atom. The van der Waals surface area contributed by atoms with Gasteiger partial charge in [0.25, 0.3) is 0 Å². The van der Waals surface area contributed by atoms with E-state index in [1.54, 1.807) is 31.4 Å². The second-order valence-corrected chi connectivity index (χ2v) is 6.53. The van der Waals surface area contributed by atoms with E-state index in [-0.39, 0.29) is 18.2 Å². The molecule has 1 atom stereocenters. The normalized spacial score (nSPS) is 21.0. The summed E-state index contributed by atoms with van der Waals surface area (Å²) in [6.45, 7) is 6.94. The number of methoxy groups -OCH3 is 1. The fourth-order valence-electron chi connectivity index (χ4n) is 3.18. The SMILES string of the molecule is CC[NH+]1CCN(C2=N[C@H](C(=O)Nc3ccc(OC)cc3)CC(=O)N2)CC1. The minimum Gasteiger partial charge on any atom is -0.497 e. The molecule has 0 aromatic heterocycles. The predicted octanol–water partition coefficient (Wildman–Crippen LogP) is -0.901. The molecule has 0 radical (unpaired) electrons. The Bertz CT molecular complexity index is 681. The maximum Gasteiger partial charge on any atom is 0.249 e. The van der Waals surface area contributed by atoms with Crippen LogP contribution in [0.25, 0.3) is 0 Å². The number of benzene rings is 1. The molecule has 0 spiro atoms. The summed E-state index contributed by atoms with van der Waals surface area (Å²) >= 11 is 0. The molecule has 0 saturated carbocycles. The highest BCUT2D eigenvalue weighted by Gasteiger charge is 2.31. The molecular formula is C18H26N5O3+. The van der Waals surface area contributed by atoms with Crippen LogP contribution < -0.4 is 20.3 Å². The van der Waals surface area contributed by atoms with Crippen LogP contribution in [0.4, 0.5) is 5.69 Å². The van der Waals surface area contributed by atoms with Crippen LogP contribution >= 0.6 is 0 Å². The Kier molecular flexibility index (Phi) is 5.72. The van der Waals surface area contributed by atoms with Gasteiger partial charge in [-0.15, -0.1) is 0 Å². The van der Waals surface area contributed by atoms with Crippen LogP contribution in [-0.2, 0) is 9.59 Å². The molecule has 0 unspecified atom stereocenters. The van der Waals surface area contributed by atoms with Crippen molar-refractivity contribution in [2.45, 2.75) is 19.4 Å². The maximum atomic E-state index is 12.5. The number of guanidine groups is 1. The summed E-state index contributed by atoms with van der Waals surface area (Å²) in [6.07, 6.45) is 0.0612. The highest BCUT2D eigenvalue weighted by Crippen LogP contribution is 2.16. The third-order valence-corrected chi connectivity index (χ3v) is 4.84. The molecule has 1 aromatic rings. The molecule has 1 saturated heterocycles. The van der Waals surface area contributed by atoms with E-state index >= 15 is 0 Å². The first-order chi connectivity index (χ1) is 12.6. The molecule has 2 aliphatic heterocycles. The number of aliphatic imine (C=N–C) groups is 1. The quantitative estimate of drug-likeness (QED) is 0.649. The van der Waals surface area contributed by atoms with Crippen molar-refractivity contribution in [3.05, 3.63) is 24.3 Å². The van der Waals surface area contributed by atoms with Crippen LogP contribution in [0.3, 0.4) is 0 Å². The molecule has 3 N–H and O–H groups in total. The first-order valence-electron chi connectivity index (χ1n) is 9.00. The smallest absolute Gasteiger partial charge is 0.249 e. The number of hydrogen-bond donors (Lipinski definition) is 3. The summed E-state index contributed by atoms with van der Waals surface area (Å²) in [5.41, 5.74) is 0.652. The van der Waals surface area contributed by atoms with E-state index in [2.05, 4.69) is 27.4 Å². The molecule has 8 nitrogen and oxygen atoms in total. The van der Waals surface area contributed by atoms with Crippen LogP contribution in [0.5, 0.6) is 5.75 Å². The van der Waals surface area contributed by atoms with Crippen LogP contribution in [-0.4, -0.2) is 68.5 Å². The molecule has 2 heterocycles. The number of quaternary nitrogens is 1. The van der Waals surface area contributed by atoms with Crippen LogP contribution in [0.1, 0.15) is 13.3 Å². The van der Waals surface area contributed by atoms with Gasteiger partial charge < -0.3 is 19.9 Å². The lowest BCUT2D eigenvalue weighted by Crippen LogP contribution is -3.14. The van der Waals surface area contributed by atoms with E-state index in [0.717, 1.165) is 32.7 Å². The zero-order valence-electron chi connectivity index (χ0n) is 15.2. The molecule has 3 rings (SSSR count). The molecule has 0 aliphatic carbocycles. The molecule has 0 bridgehead atoms. The first-order valence-corrected chi connectivity index (χ1v) is 9.00. The minimum absolute atomic E-state index is 0.0612. The molecule has 1 fully saturated rings. The van der Waals surface area contributed by atoms with Crippen LogP contribution in [0.2, 0.25) is 0 Å². The Morgan fingerprint density at radius 1 is 1.35 bits per heavy atom. The predicted molar refractivity (Wildman–Crippen MR) is 98.4 cm³/mol. The number of nitrogens with zero attached hydrogens (tertiary/aromatic N) is 2. The van der Waals surface area contributed by atoms with Crippen molar-refractivity contribution < 1.29 is 19.2 Å². The summed E-state index contributed by atoms with van der Waals surface area (Å²) in [6, 6.07) is 6.35. The maximum absolute atomic E-state index is 12.5. The lowest BCUT2D eigenvalue weighted by molar-refractivity contribution is -0.902. The van der Waals surface area contributed by atoms with E-state index in [0.29, 0.717) is 17.4 Å². The molecule has 26 heavy (non-hydrogen) atoms. The number of piperazine rings is 1. The van der Waals surface area contributed by atoms with Gasteiger partial charge in [0.2, 0.25) is 17.8 Å². The van der Waals surface area contributed by atoms with Gasteiger partial charge >= 0.3 is 0 Å². The summed E-state index contributed by atoms with van der Waals surface area (Å²) < 4.78 is 5.11. The number of likely N-dealkylation sites (N-methyl/N-ethyl adjacent to an activating group) is 1. The third kappa shape index (κ3) is 4.32. The number of anilines is 1. The number of nitrogens with one attached hydrogen (secondary N) is 3. The van der Waals surface area contributed by atoms with Gasteiger partial charge in [-0.1, -0.05) is 0 Å². The van der Waals surface area contributed by atoms with E-state index in [1.165, 1.54) is 4.90 Å². The standard InChI is InChI=1S/C18H25N5O3/c1-3-22-8-10-23(11-9-22)18-20-15(12-16(24)21-18)17(25)19-13-4-6-14(26-2)7-5-13/h4-7,15H,3,8-12H2,1-2H3,(H,19,25)(H,20,21,24)/p+1/t15-/m0/s1. The van der Waals surface area contributed by atoms with Gasteiger partial charge in [0.15, 0.2) is 0 Å². The lowest BCUT2D eigenvalue weighted by atomic mass is 10.1. The molecule has 2 aliphatic rings. The van der Waals surface area contributed by atoms with Crippen molar-refractivity contribution in [2.24, 2.45) is 4.99 Å². The van der Waals surface area contributed by atoms with Crippen molar-refractivity contribution in [3.8, 4) is 5.75 Å². The third-order valence-electron chi connectivity index (χ3n) is 4.84. The van der Waals surface area contributed by atoms with Gasteiger partial charge in [-0.05, 0) is 31.2 Å². The Balaban J connectivity index is 1.65. The number of ether oxygens (including phenoxy) is 1. The summed E-state index contributed by atoms with van der Waals surface area (Å²) in [4.78, 5) is 32.7. The second-order valence-electron chi connectivity index (χ2n) is 6.53. The Labute approximate surface area is 153 Å². The van der Waals surface area contributed by atoms with Gasteiger partial charge in [-0.2, -0.15) is 0 Å². The average Bonchev–Trinajstić information content (AvgIpc) is 2.68. The molecular weight excluding hydrogens is 334 g/mol. The molecule has 2 amide bonds. The minimum atomic E-state index is -0.711. The van der Waals surface area contributed by atoms with Crippen molar-refractivity contribution in [2.75, 3.05) is 45.2 Å². The van der Waals surface area contributed by atoms with Crippen LogP contribution in [0, 0.1) is 0 Å². The molecule has 140 valence electrons. The molecule has 8 heteroatoms. The topological polar surface area (TPSA) is 87.5 Å². The Hall–Kier alpha value is -2.61. The fourth-order valence-corrected chi connectivity index (χ4v) is 3.18. The van der Waals surface area contributed by atoms with Crippen molar-refractivity contribution in [1.82, 2.24) is 10.2 Å². The molecule has 1 aromatic carbocycles. The largest absolute Gasteiger partial charge is 0.497 e. The van der Waals surface area contributed by atoms with Gasteiger partial charge in [0.05, 0.1) is 46.3 Å². The highest BCUT2D eigenvalue weighted by atomic mass is 16.5. The number of hydrogen-bond acceptors (Lipinski definition) is 5.